The van der Waals surface area contributed by atoms with E-state index in [0.717, 1.165) is 32.6 Å². The minimum absolute atomic E-state index is 0.658. The monoisotopic (exact) mass is 452 g/mol. The largest absolute Gasteiger partial charge is 0.436 e. The van der Waals surface area contributed by atoms with Crippen LogP contribution in [0.4, 0.5) is 0 Å². The van der Waals surface area contributed by atoms with Crippen molar-refractivity contribution >= 4 is 65.0 Å². The number of para-hydroxylation sites is 3. The number of aromatic nitrogens is 2. The van der Waals surface area contributed by atoms with Gasteiger partial charge in [-0.3, -0.25) is 0 Å². The Hall–Kier alpha value is -4.28. The summed E-state index contributed by atoms with van der Waals surface area (Å²) >= 11 is 1.75. The number of nitrogens with zero attached hydrogens (tertiary/aromatic N) is 2. The molecule has 2 heterocycles. The Bertz CT molecular complexity index is 1820. The smallest absolute Gasteiger partial charge is 0.227 e. The van der Waals surface area contributed by atoms with E-state index >= 15 is 0 Å². The molecule has 3 nitrogen and oxygen atoms in total. The van der Waals surface area contributed by atoms with Gasteiger partial charge in [0.25, 0.3) is 0 Å². The fraction of sp³-hybridized carbons (Fsp3) is 0. The van der Waals surface area contributed by atoms with Gasteiger partial charge in [-0.1, -0.05) is 66.7 Å². The Kier molecular flexibility index (Phi) is 3.54. The van der Waals surface area contributed by atoms with Crippen molar-refractivity contribution in [2.45, 2.75) is 0 Å². The fourth-order valence-electron chi connectivity index (χ4n) is 5.15. The molecule has 2 aromatic heterocycles. The predicted octanol–water partition coefficient (Wildman–Crippen LogP) is 8.67. The molecule has 158 valence electrons. The maximum atomic E-state index is 6.15. The second-order valence-electron chi connectivity index (χ2n) is 8.62. The van der Waals surface area contributed by atoms with Crippen LogP contribution in [0.1, 0.15) is 0 Å². The van der Waals surface area contributed by atoms with Gasteiger partial charge in [-0.25, -0.2) is 9.97 Å². The second-order valence-corrected chi connectivity index (χ2v) is 9.65. The SMILES string of the molecule is c1ccc2oc(-c3ccc4ccc5c(-c6nc7ccccc7s6)ccc6ccc3c4c65)nc2c1. The summed E-state index contributed by atoms with van der Waals surface area (Å²) in [5, 5.41) is 8.40. The first kappa shape index (κ1) is 18.2. The lowest BCUT2D eigenvalue weighted by Crippen LogP contribution is -1.89. The summed E-state index contributed by atoms with van der Waals surface area (Å²) in [7, 11) is 0. The minimum Gasteiger partial charge on any atom is -0.436 e. The predicted molar refractivity (Wildman–Crippen MR) is 142 cm³/mol. The lowest BCUT2D eigenvalue weighted by molar-refractivity contribution is 0.620. The normalized spacial score (nSPS) is 12.1. The van der Waals surface area contributed by atoms with Gasteiger partial charge in [-0.15, -0.1) is 11.3 Å². The highest BCUT2D eigenvalue weighted by molar-refractivity contribution is 7.21. The third kappa shape index (κ3) is 2.46. The van der Waals surface area contributed by atoms with Crippen LogP contribution < -0.4 is 0 Å². The number of rotatable bonds is 2. The summed E-state index contributed by atoms with van der Waals surface area (Å²) in [5.41, 5.74) is 4.92. The lowest BCUT2D eigenvalue weighted by Gasteiger charge is -2.14. The van der Waals surface area contributed by atoms with E-state index < -0.39 is 0 Å². The van der Waals surface area contributed by atoms with E-state index in [1.807, 2.05) is 30.3 Å². The molecule has 0 saturated carbocycles. The number of hydrogen-bond acceptors (Lipinski definition) is 4. The molecule has 8 aromatic rings. The Balaban J connectivity index is 1.45. The van der Waals surface area contributed by atoms with Crippen LogP contribution in [0, 0.1) is 0 Å². The first-order valence-corrected chi connectivity index (χ1v) is 12.1. The molecular weight excluding hydrogens is 436 g/mol. The van der Waals surface area contributed by atoms with E-state index in [9.17, 15) is 0 Å². The van der Waals surface area contributed by atoms with E-state index in [4.69, 9.17) is 14.4 Å². The van der Waals surface area contributed by atoms with E-state index in [0.29, 0.717) is 5.89 Å². The van der Waals surface area contributed by atoms with Crippen LogP contribution in [0.15, 0.2) is 101 Å². The molecule has 8 rings (SSSR count). The highest BCUT2D eigenvalue weighted by Gasteiger charge is 2.18. The van der Waals surface area contributed by atoms with Crippen molar-refractivity contribution < 1.29 is 4.42 Å². The molecular formula is C30H16N2OS. The van der Waals surface area contributed by atoms with E-state index in [1.165, 1.54) is 37.2 Å². The summed E-state index contributed by atoms with van der Waals surface area (Å²) in [5.74, 6) is 0.658. The average molecular weight is 453 g/mol. The molecule has 4 heteroatoms. The van der Waals surface area contributed by atoms with E-state index in [-0.39, 0.29) is 0 Å². The summed E-state index contributed by atoms with van der Waals surface area (Å²) in [6.45, 7) is 0. The molecule has 0 spiro atoms. The van der Waals surface area contributed by atoms with Crippen molar-refractivity contribution in [3.8, 4) is 22.0 Å². The molecule has 0 aliphatic rings. The number of benzene rings is 6. The van der Waals surface area contributed by atoms with Crippen molar-refractivity contribution in [3.63, 3.8) is 0 Å². The topological polar surface area (TPSA) is 38.9 Å². The first-order chi connectivity index (χ1) is 16.8. The van der Waals surface area contributed by atoms with Crippen molar-refractivity contribution in [1.82, 2.24) is 9.97 Å². The van der Waals surface area contributed by atoms with Crippen LogP contribution >= 0.6 is 11.3 Å². The van der Waals surface area contributed by atoms with Crippen LogP contribution in [0.3, 0.4) is 0 Å². The Morgan fingerprint density at radius 2 is 1.21 bits per heavy atom. The van der Waals surface area contributed by atoms with Crippen LogP contribution in [-0.2, 0) is 0 Å². The van der Waals surface area contributed by atoms with Crippen molar-refractivity contribution in [2.75, 3.05) is 0 Å². The summed E-state index contributed by atoms with van der Waals surface area (Å²) in [6.07, 6.45) is 0. The molecule has 0 amide bonds. The zero-order valence-corrected chi connectivity index (χ0v) is 18.8. The molecule has 0 bridgehead atoms. The summed E-state index contributed by atoms with van der Waals surface area (Å²) in [6, 6.07) is 33.8. The Morgan fingerprint density at radius 3 is 1.97 bits per heavy atom. The van der Waals surface area contributed by atoms with E-state index in [1.54, 1.807) is 11.3 Å². The lowest BCUT2D eigenvalue weighted by atomic mass is 9.90. The van der Waals surface area contributed by atoms with Gasteiger partial charge in [0, 0.05) is 11.1 Å². The summed E-state index contributed by atoms with van der Waals surface area (Å²) in [4.78, 5) is 9.73. The standard InChI is InChI=1S/C30H16N2OS/c1-3-7-25-23(5-1)31-29(33-25)21-15-11-17-10-14-20-22(30-32-24-6-2-4-8-26(24)34-30)16-12-18-9-13-19(21)27(17)28(18)20/h1-16H. The molecule has 0 aliphatic carbocycles. The third-order valence-electron chi connectivity index (χ3n) is 6.71. The van der Waals surface area contributed by atoms with Gasteiger partial charge in [0.05, 0.1) is 10.2 Å². The molecule has 0 saturated heterocycles. The van der Waals surface area contributed by atoms with Gasteiger partial charge in [0.15, 0.2) is 5.58 Å². The zero-order valence-electron chi connectivity index (χ0n) is 17.9. The first-order valence-electron chi connectivity index (χ1n) is 11.3. The van der Waals surface area contributed by atoms with Gasteiger partial charge < -0.3 is 4.42 Å². The van der Waals surface area contributed by atoms with Crippen LogP contribution in [0.25, 0.3) is 75.7 Å². The molecule has 0 atom stereocenters. The van der Waals surface area contributed by atoms with Crippen LogP contribution in [0.2, 0.25) is 0 Å². The van der Waals surface area contributed by atoms with Crippen molar-refractivity contribution in [1.29, 1.82) is 0 Å². The van der Waals surface area contributed by atoms with Gasteiger partial charge in [-0.05, 0) is 62.6 Å². The Labute approximate surface area is 198 Å². The number of oxazole rings is 1. The second kappa shape index (κ2) is 6.62. The molecule has 0 aliphatic heterocycles. The average Bonchev–Trinajstić information content (AvgIpc) is 3.51. The quantitative estimate of drug-likeness (QED) is 0.246. The van der Waals surface area contributed by atoms with Gasteiger partial charge in [0.2, 0.25) is 5.89 Å². The molecule has 0 N–H and O–H groups in total. The third-order valence-corrected chi connectivity index (χ3v) is 7.78. The Morgan fingerprint density at radius 1 is 0.559 bits per heavy atom. The van der Waals surface area contributed by atoms with Crippen molar-refractivity contribution in [3.05, 3.63) is 97.1 Å². The maximum Gasteiger partial charge on any atom is 0.227 e. The molecule has 0 fully saturated rings. The molecule has 0 unspecified atom stereocenters. The zero-order chi connectivity index (χ0) is 22.2. The number of fused-ring (bicyclic) bond motifs is 2. The highest BCUT2D eigenvalue weighted by atomic mass is 32.1. The van der Waals surface area contributed by atoms with Gasteiger partial charge >= 0.3 is 0 Å². The van der Waals surface area contributed by atoms with Crippen LogP contribution in [0.5, 0.6) is 0 Å². The highest BCUT2D eigenvalue weighted by Crippen LogP contribution is 2.43. The molecule has 0 radical (unpaired) electrons. The molecule has 34 heavy (non-hydrogen) atoms. The van der Waals surface area contributed by atoms with Gasteiger partial charge in [0.1, 0.15) is 10.5 Å². The van der Waals surface area contributed by atoms with Gasteiger partial charge in [-0.2, -0.15) is 0 Å². The fourth-order valence-corrected chi connectivity index (χ4v) is 6.15. The number of thiazole rings is 1. The minimum atomic E-state index is 0.658. The molecule has 6 aromatic carbocycles. The van der Waals surface area contributed by atoms with Crippen LogP contribution in [-0.4, -0.2) is 9.97 Å². The van der Waals surface area contributed by atoms with Crippen molar-refractivity contribution in [2.24, 2.45) is 0 Å². The van der Waals surface area contributed by atoms with E-state index in [2.05, 4.69) is 66.7 Å². The maximum absolute atomic E-state index is 6.15. The number of hydrogen-bond donors (Lipinski definition) is 0. The summed E-state index contributed by atoms with van der Waals surface area (Å²) < 4.78 is 7.36.